The molecule has 0 unspecified atom stereocenters. The SMILES string of the molecule is CNCON(C[C]=O)C(=O)/C=C/c1ccccc1. The third kappa shape index (κ3) is 4.90. The van der Waals surface area contributed by atoms with Crippen LogP contribution in [-0.2, 0) is 14.4 Å². The van der Waals surface area contributed by atoms with Crippen LogP contribution in [0.3, 0.4) is 0 Å². The van der Waals surface area contributed by atoms with Crippen LogP contribution in [0.1, 0.15) is 5.56 Å². The monoisotopic (exact) mass is 247 g/mol. The summed E-state index contributed by atoms with van der Waals surface area (Å²) in [5.41, 5.74) is 0.898. The van der Waals surface area contributed by atoms with E-state index in [-0.39, 0.29) is 13.3 Å². The topological polar surface area (TPSA) is 58.6 Å². The first-order chi connectivity index (χ1) is 8.77. The number of rotatable bonds is 7. The van der Waals surface area contributed by atoms with Crippen LogP contribution in [-0.4, -0.2) is 37.6 Å². The highest BCUT2D eigenvalue weighted by atomic mass is 16.7. The van der Waals surface area contributed by atoms with E-state index in [0.29, 0.717) is 0 Å². The lowest BCUT2D eigenvalue weighted by Gasteiger charge is -2.16. The van der Waals surface area contributed by atoms with E-state index in [1.54, 1.807) is 19.4 Å². The molecule has 0 aliphatic carbocycles. The van der Waals surface area contributed by atoms with Crippen molar-refractivity contribution in [1.29, 1.82) is 0 Å². The van der Waals surface area contributed by atoms with Gasteiger partial charge in [0, 0.05) is 6.08 Å². The van der Waals surface area contributed by atoms with Crippen LogP contribution < -0.4 is 5.32 Å². The van der Waals surface area contributed by atoms with Crippen molar-refractivity contribution in [2.24, 2.45) is 0 Å². The van der Waals surface area contributed by atoms with Gasteiger partial charge >= 0.3 is 0 Å². The minimum Gasteiger partial charge on any atom is -0.296 e. The summed E-state index contributed by atoms with van der Waals surface area (Å²) < 4.78 is 0. The van der Waals surface area contributed by atoms with E-state index in [1.807, 2.05) is 30.3 Å². The quantitative estimate of drug-likeness (QED) is 0.439. The molecule has 0 saturated carbocycles. The highest BCUT2D eigenvalue weighted by Gasteiger charge is 2.10. The van der Waals surface area contributed by atoms with Crippen LogP contribution in [0.25, 0.3) is 6.08 Å². The number of carbonyl (C=O) groups is 1. The second kappa shape index (κ2) is 8.16. The molecule has 0 bridgehead atoms. The number of benzene rings is 1. The highest BCUT2D eigenvalue weighted by molar-refractivity contribution is 5.92. The smallest absolute Gasteiger partial charge is 0.270 e. The Morgan fingerprint density at radius 2 is 2.17 bits per heavy atom. The maximum absolute atomic E-state index is 11.7. The van der Waals surface area contributed by atoms with Gasteiger partial charge in [-0.25, -0.2) is 5.06 Å². The number of nitrogens with one attached hydrogen (secondary N) is 1. The molecule has 1 rings (SSSR count). The molecular formula is C13H15N2O3. The molecule has 1 amide bonds. The van der Waals surface area contributed by atoms with Crippen molar-refractivity contribution in [2.45, 2.75) is 0 Å². The molecule has 0 aliphatic rings. The molecule has 5 heteroatoms. The molecule has 0 heterocycles. The maximum atomic E-state index is 11.7. The van der Waals surface area contributed by atoms with E-state index in [2.05, 4.69) is 5.32 Å². The Hall–Kier alpha value is -1.98. The van der Waals surface area contributed by atoms with E-state index in [0.717, 1.165) is 10.6 Å². The number of hydrogen-bond acceptors (Lipinski definition) is 4. The number of hydroxylamine groups is 2. The molecule has 5 nitrogen and oxygen atoms in total. The Balaban J connectivity index is 2.60. The standard InChI is InChI=1S/C13H15N2O3/c1-14-11-18-15(9-10-16)13(17)8-7-12-5-3-2-4-6-12/h2-8,14H,9,11H2,1H3/b8-7+. The van der Waals surface area contributed by atoms with Gasteiger partial charge in [-0.05, 0) is 18.7 Å². The molecule has 0 saturated heterocycles. The lowest BCUT2D eigenvalue weighted by atomic mass is 10.2. The summed E-state index contributed by atoms with van der Waals surface area (Å²) in [4.78, 5) is 27.1. The number of amides is 1. The summed E-state index contributed by atoms with van der Waals surface area (Å²) in [6.07, 6.45) is 4.63. The molecule has 1 aromatic rings. The number of nitrogens with zero attached hydrogens (tertiary/aromatic N) is 1. The summed E-state index contributed by atoms with van der Waals surface area (Å²) in [5.74, 6) is -0.405. The number of hydrogen-bond donors (Lipinski definition) is 1. The van der Waals surface area contributed by atoms with Crippen molar-refractivity contribution in [1.82, 2.24) is 10.4 Å². The zero-order valence-corrected chi connectivity index (χ0v) is 10.1. The predicted molar refractivity (Wildman–Crippen MR) is 67.9 cm³/mol. The van der Waals surface area contributed by atoms with Gasteiger partial charge in [0.1, 0.15) is 13.3 Å². The van der Waals surface area contributed by atoms with Crippen LogP contribution >= 0.6 is 0 Å². The fraction of sp³-hybridized carbons (Fsp3) is 0.231. The molecule has 0 atom stereocenters. The number of carbonyl (C=O) groups excluding carboxylic acids is 2. The van der Waals surface area contributed by atoms with Gasteiger partial charge in [0.15, 0.2) is 0 Å². The predicted octanol–water partition coefficient (Wildman–Crippen LogP) is 0.747. The summed E-state index contributed by atoms with van der Waals surface area (Å²) in [6.45, 7) is -0.0771. The van der Waals surface area contributed by atoms with Gasteiger partial charge < -0.3 is 0 Å². The van der Waals surface area contributed by atoms with E-state index in [4.69, 9.17) is 4.84 Å². The van der Waals surface area contributed by atoms with Crippen molar-refractivity contribution in [3.8, 4) is 0 Å². The van der Waals surface area contributed by atoms with Gasteiger partial charge in [-0.2, -0.15) is 0 Å². The zero-order chi connectivity index (χ0) is 13.2. The largest absolute Gasteiger partial charge is 0.296 e. The Bertz CT molecular complexity index is 404. The average molecular weight is 247 g/mol. The van der Waals surface area contributed by atoms with Crippen LogP contribution in [0.2, 0.25) is 0 Å². The fourth-order valence-corrected chi connectivity index (χ4v) is 1.20. The molecular weight excluding hydrogens is 232 g/mol. The molecule has 1 aromatic carbocycles. The highest BCUT2D eigenvalue weighted by Crippen LogP contribution is 2.02. The first-order valence-corrected chi connectivity index (χ1v) is 5.45. The van der Waals surface area contributed by atoms with Gasteiger partial charge in [0.2, 0.25) is 6.29 Å². The van der Waals surface area contributed by atoms with Crippen LogP contribution in [0, 0.1) is 0 Å². The molecule has 1 N–H and O–H groups in total. The van der Waals surface area contributed by atoms with Gasteiger partial charge in [-0.15, -0.1) is 0 Å². The van der Waals surface area contributed by atoms with Crippen molar-refractivity contribution >= 4 is 18.3 Å². The first kappa shape index (κ1) is 14.1. The molecule has 0 aromatic heterocycles. The molecule has 18 heavy (non-hydrogen) atoms. The maximum Gasteiger partial charge on any atom is 0.270 e. The molecule has 0 aliphatic heterocycles. The first-order valence-electron chi connectivity index (χ1n) is 5.45. The summed E-state index contributed by atoms with van der Waals surface area (Å²) in [5, 5.41) is 3.66. The van der Waals surface area contributed by atoms with Gasteiger partial charge in [-0.3, -0.25) is 19.7 Å². The molecule has 1 radical (unpaired) electrons. The van der Waals surface area contributed by atoms with E-state index in [9.17, 15) is 9.59 Å². The Kier molecular flexibility index (Phi) is 6.38. The van der Waals surface area contributed by atoms with Crippen molar-refractivity contribution in [3.63, 3.8) is 0 Å². The average Bonchev–Trinajstić information content (AvgIpc) is 2.42. The Labute approximate surface area is 106 Å². The third-order valence-electron chi connectivity index (χ3n) is 2.04. The lowest BCUT2D eigenvalue weighted by Crippen LogP contribution is -2.34. The summed E-state index contributed by atoms with van der Waals surface area (Å²) in [6, 6.07) is 9.38. The normalized spacial score (nSPS) is 10.5. The fourth-order valence-electron chi connectivity index (χ4n) is 1.20. The van der Waals surface area contributed by atoms with Crippen LogP contribution in [0.4, 0.5) is 0 Å². The molecule has 0 fully saturated rings. The van der Waals surface area contributed by atoms with Gasteiger partial charge in [0.05, 0.1) is 0 Å². The van der Waals surface area contributed by atoms with E-state index >= 15 is 0 Å². The van der Waals surface area contributed by atoms with Crippen molar-refractivity contribution < 1.29 is 14.4 Å². The molecule has 0 spiro atoms. The zero-order valence-electron chi connectivity index (χ0n) is 10.1. The Morgan fingerprint density at radius 1 is 1.44 bits per heavy atom. The third-order valence-corrected chi connectivity index (χ3v) is 2.04. The molecule has 95 valence electrons. The van der Waals surface area contributed by atoms with Crippen molar-refractivity contribution in [2.75, 3.05) is 20.3 Å². The van der Waals surface area contributed by atoms with E-state index in [1.165, 1.54) is 6.08 Å². The minimum atomic E-state index is -0.405. The summed E-state index contributed by atoms with van der Waals surface area (Å²) >= 11 is 0. The lowest BCUT2D eigenvalue weighted by molar-refractivity contribution is -0.178. The van der Waals surface area contributed by atoms with Crippen molar-refractivity contribution in [3.05, 3.63) is 42.0 Å². The summed E-state index contributed by atoms with van der Waals surface area (Å²) in [7, 11) is 1.67. The van der Waals surface area contributed by atoms with Crippen LogP contribution in [0.15, 0.2) is 36.4 Å². The second-order valence-corrected chi connectivity index (χ2v) is 3.39. The van der Waals surface area contributed by atoms with E-state index < -0.39 is 5.91 Å². The van der Waals surface area contributed by atoms with Gasteiger partial charge in [0.25, 0.3) is 5.91 Å². The van der Waals surface area contributed by atoms with Gasteiger partial charge in [-0.1, -0.05) is 30.3 Å². The van der Waals surface area contributed by atoms with Crippen LogP contribution in [0.5, 0.6) is 0 Å². The Morgan fingerprint density at radius 3 is 2.78 bits per heavy atom. The second-order valence-electron chi connectivity index (χ2n) is 3.39. The minimum absolute atomic E-state index is 0.145.